The third-order valence-electron chi connectivity index (χ3n) is 4.27. The van der Waals surface area contributed by atoms with E-state index in [-0.39, 0.29) is 0 Å². The molecular weight excluding hydrogens is 284 g/mol. The summed E-state index contributed by atoms with van der Waals surface area (Å²) in [6.45, 7) is 6.87. The van der Waals surface area contributed by atoms with Gasteiger partial charge in [-0.25, -0.2) is 0 Å². The van der Waals surface area contributed by atoms with Crippen LogP contribution in [-0.2, 0) is 11.3 Å². The van der Waals surface area contributed by atoms with Crippen molar-refractivity contribution in [3.05, 3.63) is 28.8 Å². The molecule has 1 aliphatic rings. The van der Waals surface area contributed by atoms with Gasteiger partial charge < -0.3 is 15.0 Å². The van der Waals surface area contributed by atoms with E-state index in [0.717, 1.165) is 37.2 Å². The van der Waals surface area contributed by atoms with Gasteiger partial charge in [0, 0.05) is 44.0 Å². The average Bonchev–Trinajstić information content (AvgIpc) is 2.44. The minimum Gasteiger partial charge on any atom is -0.383 e. The fourth-order valence-corrected chi connectivity index (χ4v) is 2.98. The molecule has 0 atom stereocenters. The molecule has 4 heteroatoms. The topological polar surface area (TPSA) is 24.5 Å². The molecule has 1 N–H and O–H groups in total. The molecule has 0 aromatic heterocycles. The van der Waals surface area contributed by atoms with Crippen molar-refractivity contribution >= 4 is 17.3 Å². The molecule has 21 heavy (non-hydrogen) atoms. The zero-order valence-electron chi connectivity index (χ0n) is 13.2. The molecule has 0 spiro atoms. The Morgan fingerprint density at radius 2 is 2.19 bits per heavy atom. The first kappa shape index (κ1) is 16.6. The maximum atomic E-state index is 6.18. The van der Waals surface area contributed by atoms with Gasteiger partial charge in [-0.15, -0.1) is 0 Å². The van der Waals surface area contributed by atoms with Gasteiger partial charge >= 0.3 is 0 Å². The standard InChI is InChI=1S/C17H27ClN2O/c1-3-20(13-14-5-4-6-14)17-8-7-16(18)11-15(17)12-19-9-10-21-2/h7-8,11,14,19H,3-6,9-10,12-13H2,1-2H3. The molecule has 0 amide bonds. The number of hydrogen-bond donors (Lipinski definition) is 1. The van der Waals surface area contributed by atoms with Crippen LogP contribution in [0.3, 0.4) is 0 Å². The van der Waals surface area contributed by atoms with Crippen LogP contribution in [0.4, 0.5) is 5.69 Å². The number of anilines is 1. The van der Waals surface area contributed by atoms with E-state index in [2.05, 4.69) is 29.3 Å². The first-order valence-electron chi connectivity index (χ1n) is 7.97. The van der Waals surface area contributed by atoms with Gasteiger partial charge in [-0.05, 0) is 49.4 Å². The van der Waals surface area contributed by atoms with Crippen molar-refractivity contribution in [1.82, 2.24) is 5.32 Å². The second-order valence-electron chi connectivity index (χ2n) is 5.78. The summed E-state index contributed by atoms with van der Waals surface area (Å²) in [5, 5.41) is 4.23. The van der Waals surface area contributed by atoms with Crippen LogP contribution in [0.25, 0.3) is 0 Å². The minimum absolute atomic E-state index is 0.732. The first-order valence-corrected chi connectivity index (χ1v) is 8.35. The molecule has 118 valence electrons. The fourth-order valence-electron chi connectivity index (χ4n) is 2.79. The highest BCUT2D eigenvalue weighted by Gasteiger charge is 2.21. The molecule has 1 aliphatic carbocycles. The van der Waals surface area contributed by atoms with Crippen molar-refractivity contribution in [3.63, 3.8) is 0 Å². The van der Waals surface area contributed by atoms with E-state index >= 15 is 0 Å². The van der Waals surface area contributed by atoms with Gasteiger partial charge in [-0.3, -0.25) is 0 Å². The molecule has 0 heterocycles. The van der Waals surface area contributed by atoms with Gasteiger partial charge in [0.15, 0.2) is 0 Å². The molecule has 0 bridgehead atoms. The van der Waals surface area contributed by atoms with Crippen molar-refractivity contribution in [2.24, 2.45) is 5.92 Å². The number of benzene rings is 1. The van der Waals surface area contributed by atoms with Gasteiger partial charge in [0.1, 0.15) is 0 Å². The quantitative estimate of drug-likeness (QED) is 0.704. The number of rotatable bonds is 9. The minimum atomic E-state index is 0.732. The Bertz CT molecular complexity index is 435. The maximum Gasteiger partial charge on any atom is 0.0587 e. The molecule has 0 saturated heterocycles. The lowest BCUT2D eigenvalue weighted by Crippen LogP contribution is -2.33. The van der Waals surface area contributed by atoms with E-state index in [1.54, 1.807) is 7.11 Å². The van der Waals surface area contributed by atoms with Gasteiger partial charge in [0.05, 0.1) is 6.61 Å². The normalized spacial score (nSPS) is 15.0. The third kappa shape index (κ3) is 4.87. The molecule has 0 radical (unpaired) electrons. The second kappa shape index (κ2) is 8.62. The van der Waals surface area contributed by atoms with Crippen LogP contribution in [0.1, 0.15) is 31.7 Å². The highest BCUT2D eigenvalue weighted by Crippen LogP contribution is 2.31. The summed E-state index contributed by atoms with van der Waals surface area (Å²) >= 11 is 6.18. The van der Waals surface area contributed by atoms with Crippen molar-refractivity contribution in [2.45, 2.75) is 32.7 Å². The lowest BCUT2D eigenvalue weighted by Gasteiger charge is -2.34. The fraction of sp³-hybridized carbons (Fsp3) is 0.647. The first-order chi connectivity index (χ1) is 10.2. The molecular formula is C17H27ClN2O. The van der Waals surface area contributed by atoms with Crippen molar-refractivity contribution in [3.8, 4) is 0 Å². The Kier molecular flexibility index (Phi) is 6.81. The molecule has 1 saturated carbocycles. The number of halogens is 1. The lowest BCUT2D eigenvalue weighted by atomic mass is 9.85. The number of nitrogens with zero attached hydrogens (tertiary/aromatic N) is 1. The monoisotopic (exact) mass is 310 g/mol. The molecule has 0 unspecified atom stereocenters. The molecule has 2 rings (SSSR count). The van der Waals surface area contributed by atoms with Crippen LogP contribution in [0.5, 0.6) is 0 Å². The van der Waals surface area contributed by atoms with Crippen LogP contribution in [0.15, 0.2) is 18.2 Å². The summed E-state index contributed by atoms with van der Waals surface area (Å²) in [4.78, 5) is 2.49. The van der Waals surface area contributed by atoms with Gasteiger partial charge in [-0.1, -0.05) is 18.0 Å². The highest BCUT2D eigenvalue weighted by molar-refractivity contribution is 6.30. The predicted octanol–water partition coefficient (Wildman–Crippen LogP) is 3.70. The average molecular weight is 311 g/mol. The van der Waals surface area contributed by atoms with Crippen LogP contribution in [-0.4, -0.2) is 33.4 Å². The van der Waals surface area contributed by atoms with Crippen molar-refractivity contribution < 1.29 is 4.74 Å². The summed E-state index contributed by atoms with van der Waals surface area (Å²) < 4.78 is 5.08. The van der Waals surface area contributed by atoms with Gasteiger partial charge in [0.25, 0.3) is 0 Å². The zero-order chi connectivity index (χ0) is 15.1. The van der Waals surface area contributed by atoms with Crippen LogP contribution < -0.4 is 10.2 Å². The number of ether oxygens (including phenoxy) is 1. The predicted molar refractivity (Wildman–Crippen MR) is 90.3 cm³/mol. The summed E-state index contributed by atoms with van der Waals surface area (Å²) in [7, 11) is 1.73. The number of hydrogen-bond acceptors (Lipinski definition) is 3. The van der Waals surface area contributed by atoms with Crippen LogP contribution >= 0.6 is 11.6 Å². The van der Waals surface area contributed by atoms with E-state index in [4.69, 9.17) is 16.3 Å². The largest absolute Gasteiger partial charge is 0.383 e. The van der Waals surface area contributed by atoms with E-state index in [1.165, 1.54) is 37.1 Å². The summed E-state index contributed by atoms with van der Waals surface area (Å²) in [6.07, 6.45) is 4.16. The third-order valence-corrected chi connectivity index (χ3v) is 4.50. The highest BCUT2D eigenvalue weighted by atomic mass is 35.5. The van der Waals surface area contributed by atoms with Crippen molar-refractivity contribution in [2.75, 3.05) is 38.3 Å². The summed E-state index contributed by atoms with van der Waals surface area (Å²) in [5.41, 5.74) is 2.60. The number of methoxy groups -OCH3 is 1. The van der Waals surface area contributed by atoms with Crippen LogP contribution in [0, 0.1) is 5.92 Å². The maximum absolute atomic E-state index is 6.18. The van der Waals surface area contributed by atoms with Gasteiger partial charge in [-0.2, -0.15) is 0 Å². The Hall–Kier alpha value is -0.770. The molecule has 1 fully saturated rings. The Morgan fingerprint density at radius 1 is 1.38 bits per heavy atom. The Labute approximate surface area is 133 Å². The number of nitrogens with one attached hydrogen (secondary N) is 1. The van der Waals surface area contributed by atoms with Gasteiger partial charge in [0.2, 0.25) is 0 Å². The van der Waals surface area contributed by atoms with Crippen LogP contribution in [0.2, 0.25) is 5.02 Å². The van der Waals surface area contributed by atoms with E-state index in [0.29, 0.717) is 0 Å². The summed E-state index contributed by atoms with van der Waals surface area (Å²) in [5.74, 6) is 0.870. The molecule has 1 aromatic rings. The van der Waals surface area contributed by atoms with E-state index in [9.17, 15) is 0 Å². The van der Waals surface area contributed by atoms with Crippen molar-refractivity contribution in [1.29, 1.82) is 0 Å². The molecule has 1 aromatic carbocycles. The zero-order valence-corrected chi connectivity index (χ0v) is 14.0. The SMILES string of the molecule is CCN(CC1CCC1)c1ccc(Cl)cc1CNCCOC. The summed E-state index contributed by atoms with van der Waals surface area (Å²) in [6, 6.07) is 6.25. The Balaban J connectivity index is 2.04. The second-order valence-corrected chi connectivity index (χ2v) is 6.21. The van der Waals surface area contributed by atoms with E-state index < -0.39 is 0 Å². The lowest BCUT2D eigenvalue weighted by molar-refractivity contribution is 0.199. The molecule has 3 nitrogen and oxygen atoms in total. The smallest absolute Gasteiger partial charge is 0.0587 e. The van der Waals surface area contributed by atoms with E-state index in [1.807, 2.05) is 6.07 Å². The Morgan fingerprint density at radius 3 is 2.81 bits per heavy atom. The molecule has 0 aliphatic heterocycles.